The summed E-state index contributed by atoms with van der Waals surface area (Å²) in [4.78, 5) is 2.18. The lowest BCUT2D eigenvalue weighted by Gasteiger charge is -2.17. The average molecular weight is 486 g/mol. The molecule has 0 saturated carbocycles. The minimum atomic E-state index is 0.556. The molecule has 180 valence electrons. The summed E-state index contributed by atoms with van der Waals surface area (Å²) in [5, 5.41) is 19.8. The number of nitriles is 1. The van der Waals surface area contributed by atoms with E-state index in [4.69, 9.17) is 0 Å². The summed E-state index contributed by atoms with van der Waals surface area (Å²) in [6.07, 6.45) is 13.3. The molecule has 0 aliphatic carbocycles. The normalized spacial score (nSPS) is 11.2. The minimum Gasteiger partial charge on any atom is -0.375 e. The molecule has 0 aliphatic rings. The number of nitrogens with zero attached hydrogens (tertiary/aromatic N) is 5. The van der Waals surface area contributed by atoms with Crippen molar-refractivity contribution >= 4 is 39.7 Å². The number of benzene rings is 1. The first kappa shape index (κ1) is 27.3. The zero-order valence-electron chi connectivity index (χ0n) is 20.8. The number of rotatable bonds is 16. The fourth-order valence-corrected chi connectivity index (χ4v) is 5.35. The highest BCUT2D eigenvalue weighted by Gasteiger charge is 2.14. The number of aromatic nitrogens is 1. The number of thioether (sulfide) groups is 1. The number of unbranched alkanes of at least 4 members (excludes halogenated alkanes) is 9. The monoisotopic (exact) mass is 485 g/mol. The quantitative estimate of drug-likeness (QED) is 0.135. The second kappa shape index (κ2) is 15.8. The number of hydrogen-bond donors (Lipinski definition) is 0. The molecule has 0 bridgehead atoms. The van der Waals surface area contributed by atoms with Gasteiger partial charge in [-0.25, -0.2) is 0 Å². The number of anilines is 1. The van der Waals surface area contributed by atoms with Gasteiger partial charge in [0.25, 0.3) is 0 Å². The first-order valence-corrected chi connectivity index (χ1v) is 14.1. The third kappa shape index (κ3) is 9.46. The minimum absolute atomic E-state index is 0.556. The van der Waals surface area contributed by atoms with Crippen LogP contribution in [0.15, 0.2) is 33.5 Å². The Morgan fingerprint density at radius 2 is 1.67 bits per heavy atom. The third-order valence-electron chi connectivity index (χ3n) is 5.84. The lowest BCUT2D eigenvalue weighted by atomic mass is 10.1. The van der Waals surface area contributed by atoms with Gasteiger partial charge in [-0.2, -0.15) is 9.64 Å². The Morgan fingerprint density at radius 1 is 1.00 bits per heavy atom. The Kier molecular flexibility index (Phi) is 13.1. The van der Waals surface area contributed by atoms with Gasteiger partial charge in [0.1, 0.15) is 16.7 Å². The van der Waals surface area contributed by atoms with Crippen LogP contribution in [0, 0.1) is 18.3 Å². The van der Waals surface area contributed by atoms with E-state index in [1.165, 1.54) is 69.3 Å². The van der Waals surface area contributed by atoms with E-state index in [0.29, 0.717) is 10.6 Å². The van der Waals surface area contributed by atoms with Crippen LogP contribution in [-0.4, -0.2) is 23.7 Å². The van der Waals surface area contributed by atoms with Crippen molar-refractivity contribution in [2.75, 3.05) is 24.2 Å². The van der Waals surface area contributed by atoms with Crippen molar-refractivity contribution in [2.24, 2.45) is 10.2 Å². The Bertz CT molecular complexity index is 901. The van der Waals surface area contributed by atoms with Crippen LogP contribution < -0.4 is 4.90 Å². The van der Waals surface area contributed by atoms with Gasteiger partial charge in [-0.05, 0) is 61.3 Å². The summed E-state index contributed by atoms with van der Waals surface area (Å²) in [5.41, 5.74) is 3.60. The molecule has 0 saturated heterocycles. The van der Waals surface area contributed by atoms with Gasteiger partial charge in [0.05, 0.1) is 5.69 Å². The number of hydrogen-bond acceptors (Lipinski definition) is 7. The Morgan fingerprint density at radius 3 is 2.27 bits per heavy atom. The Hall–Kier alpha value is -1.91. The molecule has 1 aromatic heterocycles. The maximum atomic E-state index is 9.64. The maximum Gasteiger partial charge on any atom is 0.177 e. The van der Waals surface area contributed by atoms with Crippen molar-refractivity contribution in [2.45, 2.75) is 90.0 Å². The van der Waals surface area contributed by atoms with Crippen LogP contribution in [0.1, 0.15) is 89.2 Å². The molecule has 1 aromatic carbocycles. The highest BCUT2D eigenvalue weighted by Crippen LogP contribution is 2.35. The van der Waals surface area contributed by atoms with Gasteiger partial charge in [0.2, 0.25) is 0 Å². The first-order chi connectivity index (χ1) is 16.1. The molecule has 2 rings (SSSR count). The zero-order chi connectivity index (χ0) is 23.9. The third-order valence-corrected chi connectivity index (χ3v) is 7.75. The van der Waals surface area contributed by atoms with Crippen molar-refractivity contribution in [1.82, 2.24) is 4.37 Å². The molecule has 0 unspecified atom stereocenters. The number of azo groups is 1. The second-order valence-electron chi connectivity index (χ2n) is 8.50. The molecule has 33 heavy (non-hydrogen) atoms. The van der Waals surface area contributed by atoms with Crippen LogP contribution in [0.2, 0.25) is 0 Å². The summed E-state index contributed by atoms with van der Waals surface area (Å²) >= 11 is 2.93. The number of aryl methyl sites for hydroxylation is 1. The van der Waals surface area contributed by atoms with Crippen LogP contribution in [0.25, 0.3) is 0 Å². The molecule has 1 heterocycles. The topological polar surface area (TPSA) is 64.6 Å². The molecule has 0 atom stereocenters. The molecular weight excluding hydrogens is 446 g/mol. The molecule has 0 radical (unpaired) electrons. The average Bonchev–Trinajstić information content (AvgIpc) is 3.22. The van der Waals surface area contributed by atoms with Gasteiger partial charge in [0, 0.05) is 19.3 Å². The van der Waals surface area contributed by atoms with Gasteiger partial charge in [0.15, 0.2) is 5.00 Å². The standard InChI is InChI=1S/C26H39N5S2/c1-5-7-8-9-10-11-12-13-14-15-18-32-26-23(20-27)25(33-30-26)29-28-24-17-16-22(19-21(24)3)31(4)6-2/h16-17,19H,5-15,18H2,1-4H3. The molecule has 0 spiro atoms. The fraction of sp³-hybridized carbons (Fsp3) is 0.615. The van der Waals surface area contributed by atoms with Gasteiger partial charge < -0.3 is 4.90 Å². The molecule has 7 heteroatoms. The van der Waals surface area contributed by atoms with Gasteiger partial charge in [-0.3, -0.25) is 0 Å². The molecule has 5 nitrogen and oxygen atoms in total. The molecular formula is C26H39N5S2. The van der Waals surface area contributed by atoms with E-state index in [0.717, 1.165) is 40.7 Å². The van der Waals surface area contributed by atoms with Crippen molar-refractivity contribution in [3.63, 3.8) is 0 Å². The lowest BCUT2D eigenvalue weighted by molar-refractivity contribution is 0.563. The molecule has 0 amide bonds. The fourth-order valence-electron chi connectivity index (χ4n) is 3.56. The summed E-state index contributed by atoms with van der Waals surface area (Å²) in [5.74, 6) is 0.997. The van der Waals surface area contributed by atoms with E-state index in [9.17, 15) is 5.26 Å². The maximum absolute atomic E-state index is 9.64. The van der Waals surface area contributed by atoms with Crippen LogP contribution in [0.3, 0.4) is 0 Å². The van der Waals surface area contributed by atoms with Gasteiger partial charge in [-0.15, -0.1) is 22.0 Å². The summed E-state index contributed by atoms with van der Waals surface area (Å²) in [7, 11) is 2.07. The van der Waals surface area contributed by atoms with Crippen molar-refractivity contribution in [3.8, 4) is 6.07 Å². The van der Waals surface area contributed by atoms with E-state index in [1.807, 2.05) is 13.0 Å². The van der Waals surface area contributed by atoms with Gasteiger partial charge in [-0.1, -0.05) is 64.7 Å². The van der Waals surface area contributed by atoms with Crippen LogP contribution in [0.5, 0.6) is 0 Å². The highest BCUT2D eigenvalue weighted by atomic mass is 32.2. The Balaban J connectivity index is 1.78. The van der Waals surface area contributed by atoms with E-state index >= 15 is 0 Å². The smallest absolute Gasteiger partial charge is 0.177 e. The molecule has 2 aromatic rings. The van der Waals surface area contributed by atoms with Crippen molar-refractivity contribution in [3.05, 3.63) is 29.3 Å². The zero-order valence-corrected chi connectivity index (χ0v) is 22.4. The predicted molar refractivity (Wildman–Crippen MR) is 144 cm³/mol. The van der Waals surface area contributed by atoms with Crippen LogP contribution in [0.4, 0.5) is 16.4 Å². The highest BCUT2D eigenvalue weighted by molar-refractivity contribution is 7.99. The Labute approximate surface area is 208 Å². The van der Waals surface area contributed by atoms with Crippen LogP contribution >= 0.6 is 23.3 Å². The predicted octanol–water partition coefficient (Wildman–Crippen LogP) is 9.21. The van der Waals surface area contributed by atoms with E-state index in [-0.39, 0.29) is 0 Å². The van der Waals surface area contributed by atoms with Crippen LogP contribution in [-0.2, 0) is 0 Å². The summed E-state index contributed by atoms with van der Waals surface area (Å²) in [6, 6.07) is 8.43. The van der Waals surface area contributed by atoms with E-state index in [1.54, 1.807) is 11.8 Å². The molecule has 0 aliphatic heterocycles. The van der Waals surface area contributed by atoms with Gasteiger partial charge >= 0.3 is 0 Å². The van der Waals surface area contributed by atoms with E-state index < -0.39 is 0 Å². The SMILES string of the molecule is CCCCCCCCCCCCSc1nsc(N=Nc2ccc(N(C)CC)cc2C)c1C#N. The van der Waals surface area contributed by atoms with E-state index in [2.05, 4.69) is 58.6 Å². The van der Waals surface area contributed by atoms with Crippen molar-refractivity contribution in [1.29, 1.82) is 5.26 Å². The first-order valence-electron chi connectivity index (χ1n) is 12.4. The molecule has 0 fully saturated rings. The second-order valence-corrected chi connectivity index (χ2v) is 10.3. The summed E-state index contributed by atoms with van der Waals surface area (Å²) in [6.45, 7) is 7.38. The molecule has 0 N–H and O–H groups in total. The van der Waals surface area contributed by atoms with Crippen molar-refractivity contribution < 1.29 is 0 Å². The lowest BCUT2D eigenvalue weighted by Crippen LogP contribution is -2.15. The largest absolute Gasteiger partial charge is 0.375 e. The summed E-state index contributed by atoms with van der Waals surface area (Å²) < 4.78 is 4.47.